The summed E-state index contributed by atoms with van der Waals surface area (Å²) in [5.74, 6) is 0.710. The highest BCUT2D eigenvalue weighted by Gasteiger charge is 2.36. The molecule has 0 bridgehead atoms. The normalized spacial score (nSPS) is 23.2. The number of ether oxygens (including phenoxy) is 1. The number of carbonyl (C=O) groups is 1. The molecule has 2 aromatic rings. The summed E-state index contributed by atoms with van der Waals surface area (Å²) < 4.78 is 7.67. The fraction of sp³-hybridized carbons (Fsp3) is 0.474. The maximum Gasteiger partial charge on any atom is 0.319 e. The SMILES string of the molecule is Cc1ccnn1-c1cccc(NC(=O)NC2CCOC(C3CC3)C2)c1. The van der Waals surface area contributed by atoms with Gasteiger partial charge in [0.2, 0.25) is 0 Å². The third-order valence-corrected chi connectivity index (χ3v) is 4.98. The van der Waals surface area contributed by atoms with Crippen LogP contribution in [0.5, 0.6) is 0 Å². The first kappa shape index (κ1) is 16.1. The van der Waals surface area contributed by atoms with Crippen LogP contribution in [0.4, 0.5) is 10.5 Å². The molecule has 1 aliphatic heterocycles. The zero-order chi connectivity index (χ0) is 17.2. The molecule has 0 radical (unpaired) electrons. The molecule has 2 N–H and O–H groups in total. The lowest BCUT2D eigenvalue weighted by molar-refractivity contribution is -0.00889. The van der Waals surface area contributed by atoms with Crippen LogP contribution < -0.4 is 10.6 Å². The topological polar surface area (TPSA) is 68.2 Å². The Kier molecular flexibility index (Phi) is 4.44. The van der Waals surface area contributed by atoms with Crippen molar-refractivity contribution < 1.29 is 9.53 Å². The second kappa shape index (κ2) is 6.88. The summed E-state index contributed by atoms with van der Waals surface area (Å²) in [6.45, 7) is 2.74. The van der Waals surface area contributed by atoms with Gasteiger partial charge in [0.15, 0.2) is 0 Å². The molecule has 2 amide bonds. The average molecular weight is 340 g/mol. The number of aromatic nitrogens is 2. The number of hydrogen-bond acceptors (Lipinski definition) is 3. The second-order valence-electron chi connectivity index (χ2n) is 7.00. The number of nitrogens with one attached hydrogen (secondary N) is 2. The number of anilines is 1. The van der Waals surface area contributed by atoms with Gasteiger partial charge in [-0.3, -0.25) is 0 Å². The van der Waals surface area contributed by atoms with Crippen molar-refractivity contribution in [3.8, 4) is 5.69 Å². The molecule has 2 fully saturated rings. The molecule has 1 saturated heterocycles. The number of hydrogen-bond donors (Lipinski definition) is 2. The van der Waals surface area contributed by atoms with Crippen molar-refractivity contribution in [2.24, 2.45) is 5.92 Å². The van der Waals surface area contributed by atoms with E-state index < -0.39 is 0 Å². The van der Waals surface area contributed by atoms with Gasteiger partial charge in [0.05, 0.1) is 11.8 Å². The fourth-order valence-corrected chi connectivity index (χ4v) is 3.46. The van der Waals surface area contributed by atoms with Gasteiger partial charge in [0, 0.05) is 30.2 Å². The van der Waals surface area contributed by atoms with Gasteiger partial charge in [0.25, 0.3) is 0 Å². The lowest BCUT2D eigenvalue weighted by atomic mass is 10.0. The Hall–Kier alpha value is -2.34. The standard InChI is InChI=1S/C19H24N4O2/c1-13-7-9-20-23(13)17-4-2-3-15(11-17)21-19(24)22-16-8-10-25-18(12-16)14-5-6-14/h2-4,7,9,11,14,16,18H,5-6,8,10,12H2,1H3,(H2,21,22,24). The Morgan fingerprint density at radius 2 is 2.16 bits per heavy atom. The predicted octanol–water partition coefficient (Wildman–Crippen LogP) is 3.26. The van der Waals surface area contributed by atoms with E-state index in [1.54, 1.807) is 6.20 Å². The monoisotopic (exact) mass is 340 g/mol. The number of benzene rings is 1. The molecule has 25 heavy (non-hydrogen) atoms. The maximum absolute atomic E-state index is 12.4. The first-order valence-electron chi connectivity index (χ1n) is 8.99. The molecule has 132 valence electrons. The van der Waals surface area contributed by atoms with Gasteiger partial charge in [-0.25, -0.2) is 9.48 Å². The van der Waals surface area contributed by atoms with Crippen LogP contribution >= 0.6 is 0 Å². The summed E-state index contributed by atoms with van der Waals surface area (Å²) in [5.41, 5.74) is 2.74. The largest absolute Gasteiger partial charge is 0.378 e. The quantitative estimate of drug-likeness (QED) is 0.898. The molecule has 2 unspecified atom stereocenters. The molecule has 6 nitrogen and oxygen atoms in total. The van der Waals surface area contributed by atoms with E-state index in [1.165, 1.54) is 12.8 Å². The summed E-state index contributed by atoms with van der Waals surface area (Å²) in [4.78, 5) is 12.4. The van der Waals surface area contributed by atoms with E-state index in [0.29, 0.717) is 12.0 Å². The molecule has 0 spiro atoms. The molecule has 2 aliphatic rings. The number of carbonyl (C=O) groups excluding carboxylic acids is 1. The van der Waals surface area contributed by atoms with Crippen LogP contribution in [0.1, 0.15) is 31.4 Å². The molecule has 1 aliphatic carbocycles. The number of aryl methyl sites for hydroxylation is 1. The number of nitrogens with zero attached hydrogens (tertiary/aromatic N) is 2. The third kappa shape index (κ3) is 3.85. The van der Waals surface area contributed by atoms with Crippen LogP contribution in [0.15, 0.2) is 36.5 Å². The molecule has 6 heteroatoms. The van der Waals surface area contributed by atoms with E-state index >= 15 is 0 Å². The van der Waals surface area contributed by atoms with Crippen molar-refractivity contribution in [1.29, 1.82) is 0 Å². The first-order valence-corrected chi connectivity index (χ1v) is 8.99. The van der Waals surface area contributed by atoms with Crippen LogP contribution in [-0.4, -0.2) is 34.6 Å². The summed E-state index contributed by atoms with van der Waals surface area (Å²) in [6.07, 6.45) is 6.43. The highest BCUT2D eigenvalue weighted by atomic mass is 16.5. The Morgan fingerprint density at radius 3 is 2.92 bits per heavy atom. The van der Waals surface area contributed by atoms with E-state index in [0.717, 1.165) is 36.5 Å². The lowest BCUT2D eigenvalue weighted by Gasteiger charge is -2.30. The van der Waals surface area contributed by atoms with Gasteiger partial charge in [0.1, 0.15) is 0 Å². The minimum absolute atomic E-state index is 0.157. The van der Waals surface area contributed by atoms with E-state index in [2.05, 4.69) is 15.7 Å². The summed E-state index contributed by atoms with van der Waals surface area (Å²) in [7, 11) is 0. The Balaban J connectivity index is 1.37. The van der Waals surface area contributed by atoms with Gasteiger partial charge < -0.3 is 15.4 Å². The van der Waals surface area contributed by atoms with Crippen molar-refractivity contribution in [2.75, 3.05) is 11.9 Å². The fourth-order valence-electron chi connectivity index (χ4n) is 3.46. The number of rotatable bonds is 4. The van der Waals surface area contributed by atoms with E-state index in [-0.39, 0.29) is 12.1 Å². The van der Waals surface area contributed by atoms with Crippen molar-refractivity contribution in [3.63, 3.8) is 0 Å². The highest BCUT2D eigenvalue weighted by molar-refractivity contribution is 5.89. The van der Waals surface area contributed by atoms with Crippen molar-refractivity contribution >= 4 is 11.7 Å². The average Bonchev–Trinajstić information content (AvgIpc) is 3.37. The molecule has 1 aromatic carbocycles. The van der Waals surface area contributed by atoms with Crippen LogP contribution in [0.2, 0.25) is 0 Å². The lowest BCUT2D eigenvalue weighted by Crippen LogP contribution is -2.44. The van der Waals surface area contributed by atoms with Gasteiger partial charge >= 0.3 is 6.03 Å². The smallest absolute Gasteiger partial charge is 0.319 e. The molecular formula is C19H24N4O2. The summed E-state index contributed by atoms with van der Waals surface area (Å²) in [6, 6.07) is 9.70. The third-order valence-electron chi connectivity index (χ3n) is 4.98. The molecule has 1 aromatic heterocycles. The predicted molar refractivity (Wildman–Crippen MR) is 95.9 cm³/mol. The molecule has 2 heterocycles. The van der Waals surface area contributed by atoms with Gasteiger partial charge in [-0.05, 0) is 62.8 Å². The molecule has 1 saturated carbocycles. The zero-order valence-electron chi connectivity index (χ0n) is 14.4. The van der Waals surface area contributed by atoms with E-state index in [9.17, 15) is 4.79 Å². The Bertz CT molecular complexity index is 753. The van der Waals surface area contributed by atoms with Gasteiger partial charge in [-0.1, -0.05) is 6.07 Å². The van der Waals surface area contributed by atoms with Crippen LogP contribution in [0.3, 0.4) is 0 Å². The minimum Gasteiger partial charge on any atom is -0.378 e. The molecule has 2 atom stereocenters. The van der Waals surface area contributed by atoms with E-state index in [1.807, 2.05) is 41.9 Å². The second-order valence-corrected chi connectivity index (χ2v) is 7.00. The van der Waals surface area contributed by atoms with Crippen LogP contribution in [-0.2, 0) is 4.74 Å². The zero-order valence-corrected chi connectivity index (χ0v) is 14.4. The van der Waals surface area contributed by atoms with Crippen molar-refractivity contribution in [1.82, 2.24) is 15.1 Å². The molecular weight excluding hydrogens is 316 g/mol. The van der Waals surface area contributed by atoms with Crippen LogP contribution in [0.25, 0.3) is 5.69 Å². The Labute approximate surface area is 147 Å². The minimum atomic E-state index is -0.157. The van der Waals surface area contributed by atoms with Gasteiger partial charge in [-0.15, -0.1) is 0 Å². The van der Waals surface area contributed by atoms with Gasteiger partial charge in [-0.2, -0.15) is 5.10 Å². The maximum atomic E-state index is 12.4. The van der Waals surface area contributed by atoms with Crippen molar-refractivity contribution in [3.05, 3.63) is 42.2 Å². The summed E-state index contributed by atoms with van der Waals surface area (Å²) >= 11 is 0. The Morgan fingerprint density at radius 1 is 1.28 bits per heavy atom. The molecule has 4 rings (SSSR count). The number of amides is 2. The van der Waals surface area contributed by atoms with Crippen LogP contribution in [0, 0.1) is 12.8 Å². The summed E-state index contributed by atoms with van der Waals surface area (Å²) in [5, 5.41) is 10.3. The first-order chi connectivity index (χ1) is 12.2. The van der Waals surface area contributed by atoms with E-state index in [4.69, 9.17) is 4.74 Å². The van der Waals surface area contributed by atoms with Crippen molar-refractivity contribution in [2.45, 2.75) is 44.8 Å². The number of urea groups is 1. The highest BCUT2D eigenvalue weighted by Crippen LogP contribution is 2.38.